The molecule has 1 aromatic carbocycles. The van der Waals surface area contributed by atoms with Gasteiger partial charge in [-0.15, -0.1) is 0 Å². The van der Waals surface area contributed by atoms with Crippen LogP contribution in [0.5, 0.6) is 5.75 Å². The molecule has 20 heavy (non-hydrogen) atoms. The second kappa shape index (κ2) is 7.69. The fourth-order valence-electron chi connectivity index (χ4n) is 1.90. The zero-order valence-electron chi connectivity index (χ0n) is 12.3. The first-order valence-electron chi connectivity index (χ1n) is 6.84. The van der Waals surface area contributed by atoms with Crippen molar-refractivity contribution in [3.05, 3.63) is 28.3 Å². The Kier molecular flexibility index (Phi) is 6.24. The smallest absolute Gasteiger partial charge is 0.296 e. The molecule has 1 rings (SSSR count). The van der Waals surface area contributed by atoms with E-state index in [0.717, 1.165) is 0 Å². The van der Waals surface area contributed by atoms with Crippen LogP contribution in [0.25, 0.3) is 0 Å². The fourth-order valence-corrected chi connectivity index (χ4v) is 1.90. The van der Waals surface area contributed by atoms with Crippen LogP contribution in [0.3, 0.4) is 0 Å². The minimum Gasteiger partial charge on any atom is -0.494 e. The third kappa shape index (κ3) is 4.38. The number of benzene rings is 1. The van der Waals surface area contributed by atoms with Crippen LogP contribution in [-0.4, -0.2) is 24.6 Å². The van der Waals surface area contributed by atoms with Gasteiger partial charge in [0.2, 0.25) is 0 Å². The van der Waals surface area contributed by atoms with E-state index in [4.69, 9.17) is 10.5 Å². The molecule has 0 spiro atoms. The highest BCUT2D eigenvalue weighted by Crippen LogP contribution is 2.29. The predicted octanol–water partition coefficient (Wildman–Crippen LogP) is 2.64. The second-order valence-electron chi connectivity index (χ2n) is 4.99. The van der Waals surface area contributed by atoms with Gasteiger partial charge in [0.15, 0.2) is 0 Å². The Morgan fingerprint density at radius 1 is 1.45 bits per heavy atom. The molecule has 3 N–H and O–H groups in total. The number of nitrogens with one attached hydrogen (secondary N) is 1. The summed E-state index contributed by atoms with van der Waals surface area (Å²) in [7, 11) is 0. The average molecular weight is 281 g/mol. The lowest BCUT2D eigenvalue weighted by molar-refractivity contribution is -0.384. The number of rotatable bonds is 8. The highest BCUT2D eigenvalue weighted by Gasteiger charge is 2.17. The molecule has 0 fully saturated rings. The molecular formula is C14H23N3O3. The Bertz CT molecular complexity index is 449. The number of nitrogens with two attached hydrogens (primary N) is 1. The second-order valence-corrected chi connectivity index (χ2v) is 4.99. The van der Waals surface area contributed by atoms with Gasteiger partial charge in [0.1, 0.15) is 11.4 Å². The summed E-state index contributed by atoms with van der Waals surface area (Å²) in [5.41, 5.74) is 6.23. The molecule has 0 amide bonds. The Balaban J connectivity index is 2.86. The van der Waals surface area contributed by atoms with Crippen molar-refractivity contribution in [1.82, 2.24) is 0 Å². The van der Waals surface area contributed by atoms with E-state index in [1.807, 2.05) is 6.92 Å². The molecular weight excluding hydrogens is 258 g/mol. The van der Waals surface area contributed by atoms with Crippen LogP contribution in [0, 0.1) is 22.0 Å². The number of nitrogens with zero attached hydrogens (tertiary/aromatic N) is 1. The van der Waals surface area contributed by atoms with E-state index in [0.29, 0.717) is 37.1 Å². The standard InChI is InChI=1S/C14H23N3O3/c1-4-20-12-5-6-13(14(7-12)17(18)19)16-9-11(8-15)10(2)3/h5-7,10-11,16H,4,8-9,15H2,1-3H3. The van der Waals surface area contributed by atoms with Crippen LogP contribution >= 0.6 is 0 Å². The van der Waals surface area contributed by atoms with Crippen LogP contribution in [0.4, 0.5) is 11.4 Å². The summed E-state index contributed by atoms with van der Waals surface area (Å²) in [6.45, 7) is 7.66. The van der Waals surface area contributed by atoms with E-state index in [2.05, 4.69) is 19.2 Å². The maximum atomic E-state index is 11.1. The number of ether oxygens (including phenoxy) is 1. The predicted molar refractivity (Wildman–Crippen MR) is 80.1 cm³/mol. The Hall–Kier alpha value is -1.82. The number of hydrogen-bond donors (Lipinski definition) is 2. The van der Waals surface area contributed by atoms with Crippen LogP contribution in [0.2, 0.25) is 0 Å². The van der Waals surface area contributed by atoms with Crippen LogP contribution < -0.4 is 15.8 Å². The minimum absolute atomic E-state index is 0.0236. The summed E-state index contributed by atoms with van der Waals surface area (Å²) in [4.78, 5) is 10.7. The van der Waals surface area contributed by atoms with Gasteiger partial charge in [0.05, 0.1) is 17.6 Å². The van der Waals surface area contributed by atoms with Crippen molar-refractivity contribution in [1.29, 1.82) is 0 Å². The highest BCUT2D eigenvalue weighted by atomic mass is 16.6. The monoisotopic (exact) mass is 281 g/mol. The summed E-state index contributed by atoms with van der Waals surface area (Å²) in [6.07, 6.45) is 0. The number of nitro benzene ring substituents is 1. The molecule has 0 bridgehead atoms. The molecule has 6 nitrogen and oxygen atoms in total. The van der Waals surface area contributed by atoms with Gasteiger partial charge in [-0.1, -0.05) is 13.8 Å². The lowest BCUT2D eigenvalue weighted by atomic mass is 9.96. The number of nitro groups is 1. The topological polar surface area (TPSA) is 90.4 Å². The van der Waals surface area contributed by atoms with E-state index in [9.17, 15) is 10.1 Å². The van der Waals surface area contributed by atoms with Crippen molar-refractivity contribution in [3.8, 4) is 5.75 Å². The number of hydrogen-bond acceptors (Lipinski definition) is 5. The first kappa shape index (κ1) is 16.2. The summed E-state index contributed by atoms with van der Waals surface area (Å²) in [6, 6.07) is 4.85. The molecule has 0 saturated carbocycles. The van der Waals surface area contributed by atoms with Crippen LogP contribution in [-0.2, 0) is 0 Å². The Labute approximate surface area is 119 Å². The van der Waals surface area contributed by atoms with Crippen LogP contribution in [0.15, 0.2) is 18.2 Å². The van der Waals surface area contributed by atoms with Crippen molar-refractivity contribution in [2.45, 2.75) is 20.8 Å². The molecule has 1 atom stereocenters. The fraction of sp³-hybridized carbons (Fsp3) is 0.571. The molecule has 1 unspecified atom stereocenters. The maximum absolute atomic E-state index is 11.1. The molecule has 0 heterocycles. The molecule has 0 saturated heterocycles. The molecule has 0 aliphatic rings. The van der Waals surface area contributed by atoms with Crippen molar-refractivity contribution in [3.63, 3.8) is 0 Å². The van der Waals surface area contributed by atoms with Crippen LogP contribution in [0.1, 0.15) is 20.8 Å². The molecule has 1 aromatic rings. The SMILES string of the molecule is CCOc1ccc(NCC(CN)C(C)C)c([N+](=O)[O-])c1. The minimum atomic E-state index is -0.405. The van der Waals surface area contributed by atoms with Crippen molar-refractivity contribution in [2.75, 3.05) is 25.0 Å². The lowest BCUT2D eigenvalue weighted by Crippen LogP contribution is -2.27. The van der Waals surface area contributed by atoms with E-state index in [-0.39, 0.29) is 11.6 Å². The maximum Gasteiger partial charge on any atom is 0.296 e. The lowest BCUT2D eigenvalue weighted by Gasteiger charge is -2.20. The average Bonchev–Trinajstić information content (AvgIpc) is 2.40. The van der Waals surface area contributed by atoms with Gasteiger partial charge >= 0.3 is 0 Å². The quantitative estimate of drug-likeness (QED) is 0.564. The molecule has 0 aromatic heterocycles. The Morgan fingerprint density at radius 3 is 2.65 bits per heavy atom. The van der Waals surface area contributed by atoms with E-state index in [1.54, 1.807) is 12.1 Å². The summed E-state index contributed by atoms with van der Waals surface area (Å²) >= 11 is 0. The zero-order chi connectivity index (χ0) is 15.1. The summed E-state index contributed by atoms with van der Waals surface area (Å²) < 4.78 is 5.28. The van der Waals surface area contributed by atoms with Crippen molar-refractivity contribution < 1.29 is 9.66 Å². The molecule has 0 radical (unpaired) electrons. The molecule has 0 aliphatic heterocycles. The largest absolute Gasteiger partial charge is 0.494 e. The summed E-state index contributed by atoms with van der Waals surface area (Å²) in [5, 5.41) is 14.2. The van der Waals surface area contributed by atoms with E-state index >= 15 is 0 Å². The van der Waals surface area contributed by atoms with Gasteiger partial charge in [-0.05, 0) is 37.4 Å². The molecule has 6 heteroatoms. The van der Waals surface area contributed by atoms with Crippen molar-refractivity contribution in [2.24, 2.45) is 17.6 Å². The van der Waals surface area contributed by atoms with Gasteiger partial charge in [0.25, 0.3) is 5.69 Å². The highest BCUT2D eigenvalue weighted by molar-refractivity contribution is 5.63. The van der Waals surface area contributed by atoms with Gasteiger partial charge in [0, 0.05) is 6.54 Å². The first-order valence-corrected chi connectivity index (χ1v) is 6.84. The first-order chi connectivity index (χ1) is 9.49. The van der Waals surface area contributed by atoms with Gasteiger partial charge in [-0.3, -0.25) is 10.1 Å². The van der Waals surface area contributed by atoms with Gasteiger partial charge in [-0.25, -0.2) is 0 Å². The van der Waals surface area contributed by atoms with Crippen molar-refractivity contribution >= 4 is 11.4 Å². The third-order valence-electron chi connectivity index (χ3n) is 3.28. The van der Waals surface area contributed by atoms with E-state index < -0.39 is 4.92 Å². The molecule has 0 aliphatic carbocycles. The third-order valence-corrected chi connectivity index (χ3v) is 3.28. The van der Waals surface area contributed by atoms with Gasteiger partial charge in [-0.2, -0.15) is 0 Å². The van der Waals surface area contributed by atoms with Gasteiger partial charge < -0.3 is 15.8 Å². The summed E-state index contributed by atoms with van der Waals surface area (Å²) in [5.74, 6) is 1.21. The normalized spacial score (nSPS) is 12.2. The Morgan fingerprint density at radius 2 is 2.15 bits per heavy atom. The molecule has 112 valence electrons. The number of anilines is 1. The zero-order valence-corrected chi connectivity index (χ0v) is 12.3. The van der Waals surface area contributed by atoms with E-state index in [1.165, 1.54) is 6.07 Å².